The van der Waals surface area contributed by atoms with Gasteiger partial charge >= 0.3 is 8.80 Å². The summed E-state index contributed by atoms with van der Waals surface area (Å²) in [6, 6.07) is 2.12. The lowest BCUT2D eigenvalue weighted by Gasteiger charge is -2.46. The topological polar surface area (TPSA) is 36.9 Å². The van der Waals surface area contributed by atoms with Gasteiger partial charge in [0.2, 0.25) is 0 Å². The Labute approximate surface area is 114 Å². The van der Waals surface area contributed by atoms with Crippen molar-refractivity contribution < 1.29 is 17.7 Å². The molecule has 0 bridgehead atoms. The van der Waals surface area contributed by atoms with Gasteiger partial charge in [-0.05, 0) is 19.5 Å². The van der Waals surface area contributed by atoms with Gasteiger partial charge in [-0.25, -0.2) is 0 Å². The summed E-state index contributed by atoms with van der Waals surface area (Å²) in [5, 5.41) is 0. The molecule has 1 unspecified atom stereocenters. The highest BCUT2D eigenvalue weighted by Crippen LogP contribution is 2.36. The molecule has 0 spiro atoms. The van der Waals surface area contributed by atoms with Crippen molar-refractivity contribution >= 4 is 24.2 Å². The molecule has 0 aliphatic carbocycles. The highest BCUT2D eigenvalue weighted by molar-refractivity contribution is 7.38. The van der Waals surface area contributed by atoms with Crippen LogP contribution in [0.2, 0.25) is 38.3 Å². The maximum absolute atomic E-state index is 6.45. The van der Waals surface area contributed by atoms with Crippen LogP contribution in [-0.2, 0) is 17.7 Å². The first kappa shape index (κ1) is 16.5. The van der Waals surface area contributed by atoms with Crippen LogP contribution in [0.1, 0.15) is 6.42 Å². The summed E-state index contributed by atoms with van der Waals surface area (Å²) >= 11 is 0. The Morgan fingerprint density at radius 3 is 1.94 bits per heavy atom. The van der Waals surface area contributed by atoms with Crippen LogP contribution in [0.15, 0.2) is 0 Å². The van der Waals surface area contributed by atoms with Gasteiger partial charge in [0.05, 0.1) is 7.59 Å². The third-order valence-electron chi connectivity index (χ3n) is 4.59. The van der Waals surface area contributed by atoms with E-state index in [2.05, 4.69) is 26.2 Å². The van der Waals surface area contributed by atoms with Crippen LogP contribution in [-0.4, -0.2) is 51.7 Å². The second-order valence-corrected chi connectivity index (χ2v) is 24.4. The molecule has 0 saturated carbocycles. The minimum atomic E-state index is -2.50. The van der Waals surface area contributed by atoms with Crippen LogP contribution in [0.3, 0.4) is 0 Å². The molecule has 1 aliphatic rings. The van der Waals surface area contributed by atoms with Crippen LogP contribution < -0.4 is 0 Å². The van der Waals surface area contributed by atoms with E-state index in [0.717, 1.165) is 12.5 Å². The van der Waals surface area contributed by atoms with E-state index in [4.69, 9.17) is 17.7 Å². The molecule has 18 heavy (non-hydrogen) atoms. The average molecular weight is 309 g/mol. The van der Waals surface area contributed by atoms with E-state index >= 15 is 0 Å². The van der Waals surface area contributed by atoms with Gasteiger partial charge in [-0.1, -0.05) is 19.1 Å². The fourth-order valence-corrected chi connectivity index (χ4v) is 11.1. The Morgan fingerprint density at radius 2 is 1.56 bits per heavy atom. The monoisotopic (exact) mass is 308 g/mol. The zero-order valence-corrected chi connectivity index (χ0v) is 15.8. The molecule has 0 aromatic rings. The first-order valence-electron chi connectivity index (χ1n) is 6.55. The fourth-order valence-electron chi connectivity index (χ4n) is 2.38. The van der Waals surface area contributed by atoms with Gasteiger partial charge in [-0.15, -0.1) is 0 Å². The summed E-state index contributed by atoms with van der Waals surface area (Å²) in [7, 11) is -0.172. The van der Waals surface area contributed by atoms with E-state index in [-0.39, 0.29) is 6.10 Å². The molecule has 0 N–H and O–H groups in total. The Morgan fingerprint density at radius 1 is 1.06 bits per heavy atom. The van der Waals surface area contributed by atoms with Crippen molar-refractivity contribution in [2.45, 2.75) is 50.8 Å². The fraction of sp³-hybridized carbons (Fsp3) is 1.00. The van der Waals surface area contributed by atoms with Gasteiger partial charge in [0, 0.05) is 33.5 Å². The van der Waals surface area contributed by atoms with Crippen molar-refractivity contribution in [3.63, 3.8) is 0 Å². The Kier molecular flexibility index (Phi) is 5.39. The Hall–Kier alpha value is 0.491. The van der Waals surface area contributed by atoms with Crippen molar-refractivity contribution in [3.05, 3.63) is 0 Å². The number of hydrogen-bond acceptors (Lipinski definition) is 4. The maximum Gasteiger partial charge on any atom is 0.502 e. The Balaban J connectivity index is 2.71. The molecule has 0 amide bonds. The predicted octanol–water partition coefficient (Wildman–Crippen LogP) is 2.65. The lowest BCUT2D eigenvalue weighted by molar-refractivity contribution is 0.1000. The van der Waals surface area contributed by atoms with Gasteiger partial charge in [0.25, 0.3) is 0 Å². The Bertz CT molecular complexity index is 271. The average Bonchev–Trinajstić information content (AvgIpc) is 2.31. The van der Waals surface area contributed by atoms with Gasteiger partial charge in [-0.2, -0.15) is 0 Å². The van der Waals surface area contributed by atoms with Crippen LogP contribution in [0.25, 0.3) is 0 Å². The molecule has 0 radical (unpaired) electrons. The molecule has 1 fully saturated rings. The van der Waals surface area contributed by atoms with Crippen LogP contribution in [0.4, 0.5) is 0 Å². The van der Waals surface area contributed by atoms with E-state index < -0.39 is 24.2 Å². The van der Waals surface area contributed by atoms with E-state index in [0.29, 0.717) is 0 Å². The normalized spacial score (nSPS) is 27.2. The first-order chi connectivity index (χ1) is 8.22. The molecular formula is C11H28O4Si3. The standard InChI is InChI=1S/C11H28O4Si3/c1-12-18(13-2,14-3)10-11-8-9-16(4,5)17(6,7)15-11/h11H,8-10H2,1-7H3. The third kappa shape index (κ3) is 3.33. The van der Waals surface area contributed by atoms with Crippen molar-refractivity contribution in [3.8, 4) is 0 Å². The van der Waals surface area contributed by atoms with Gasteiger partial charge in [0.1, 0.15) is 0 Å². The zero-order valence-electron chi connectivity index (χ0n) is 12.8. The minimum Gasteiger partial charge on any atom is -0.417 e. The van der Waals surface area contributed by atoms with E-state index in [1.165, 1.54) is 6.04 Å². The second kappa shape index (κ2) is 5.86. The number of rotatable bonds is 5. The van der Waals surface area contributed by atoms with E-state index in [1.807, 2.05) is 0 Å². The van der Waals surface area contributed by atoms with Crippen molar-refractivity contribution in [2.24, 2.45) is 0 Å². The third-order valence-corrected chi connectivity index (χ3v) is 24.0. The van der Waals surface area contributed by atoms with Crippen molar-refractivity contribution in [2.75, 3.05) is 21.3 Å². The summed E-state index contributed by atoms with van der Waals surface area (Å²) in [6.07, 6.45) is 1.37. The molecule has 1 rings (SSSR count). The molecule has 108 valence electrons. The summed E-state index contributed by atoms with van der Waals surface area (Å²) in [6.45, 7) is 9.65. The smallest absolute Gasteiger partial charge is 0.417 e. The lowest BCUT2D eigenvalue weighted by Crippen LogP contribution is -2.62. The maximum atomic E-state index is 6.45. The first-order valence-corrected chi connectivity index (χ1v) is 15.6. The summed E-state index contributed by atoms with van der Waals surface area (Å²) in [4.78, 5) is 0. The molecule has 7 heteroatoms. The highest BCUT2D eigenvalue weighted by Gasteiger charge is 2.50. The SMILES string of the molecule is CO[Si](CC1CC[Si](C)(C)[Si](C)(C)O1)(OC)OC. The molecule has 1 aliphatic heterocycles. The minimum absolute atomic E-state index is 0.249. The van der Waals surface area contributed by atoms with Crippen LogP contribution in [0.5, 0.6) is 0 Å². The molecule has 4 nitrogen and oxygen atoms in total. The van der Waals surface area contributed by atoms with E-state index in [9.17, 15) is 0 Å². The summed E-state index contributed by atoms with van der Waals surface area (Å²) in [5.74, 6) is 0. The number of hydrogen-bond donors (Lipinski definition) is 0. The van der Waals surface area contributed by atoms with Crippen LogP contribution in [0, 0.1) is 0 Å². The van der Waals surface area contributed by atoms with Crippen LogP contribution >= 0.6 is 0 Å². The van der Waals surface area contributed by atoms with Gasteiger partial charge < -0.3 is 17.7 Å². The van der Waals surface area contributed by atoms with Crippen molar-refractivity contribution in [1.29, 1.82) is 0 Å². The van der Waals surface area contributed by atoms with E-state index in [1.54, 1.807) is 21.3 Å². The predicted molar refractivity (Wildman–Crippen MR) is 80.8 cm³/mol. The second-order valence-electron chi connectivity index (χ2n) is 6.17. The van der Waals surface area contributed by atoms with Crippen molar-refractivity contribution in [1.82, 2.24) is 0 Å². The van der Waals surface area contributed by atoms with Gasteiger partial charge in [0.15, 0.2) is 7.83 Å². The highest BCUT2D eigenvalue weighted by atomic mass is 29.3. The molecule has 0 aromatic carbocycles. The molecule has 0 aromatic heterocycles. The quantitative estimate of drug-likeness (QED) is 0.732. The molecular weight excluding hydrogens is 280 g/mol. The van der Waals surface area contributed by atoms with Gasteiger partial charge in [-0.3, -0.25) is 0 Å². The molecule has 1 atom stereocenters. The summed E-state index contributed by atoms with van der Waals surface area (Å²) < 4.78 is 22.9. The largest absolute Gasteiger partial charge is 0.502 e. The molecule has 1 saturated heterocycles. The zero-order chi connectivity index (χ0) is 14.0. The summed E-state index contributed by atoms with van der Waals surface area (Å²) in [5.41, 5.74) is 0. The lowest BCUT2D eigenvalue weighted by atomic mass is 10.3. The molecule has 1 heterocycles.